The minimum atomic E-state index is -0.806. The summed E-state index contributed by atoms with van der Waals surface area (Å²) in [5.41, 5.74) is 2.83. The van der Waals surface area contributed by atoms with Crippen LogP contribution in [0.4, 0.5) is 4.79 Å². The molecule has 0 unspecified atom stereocenters. The van der Waals surface area contributed by atoms with E-state index in [4.69, 9.17) is 14.4 Å². The Bertz CT molecular complexity index is 808. The third kappa shape index (κ3) is 5.63. The van der Waals surface area contributed by atoms with Crippen molar-refractivity contribution in [3.8, 4) is 5.75 Å². The van der Waals surface area contributed by atoms with Crippen molar-refractivity contribution < 1.29 is 19.2 Å². The number of likely N-dealkylation sites (tertiary alicyclic amines) is 1. The molecule has 7 heteroatoms. The van der Waals surface area contributed by atoms with Crippen LogP contribution in [-0.4, -0.2) is 55.0 Å². The van der Waals surface area contributed by atoms with E-state index in [1.807, 2.05) is 21.0 Å². The summed E-state index contributed by atoms with van der Waals surface area (Å²) in [5, 5.41) is 17.1. The Morgan fingerprint density at radius 2 is 1.93 bits per heavy atom. The van der Waals surface area contributed by atoms with Gasteiger partial charge in [-0.3, -0.25) is 0 Å². The summed E-state index contributed by atoms with van der Waals surface area (Å²) in [6.45, 7) is 4.08. The largest absolute Gasteiger partial charge is 0.489 e. The van der Waals surface area contributed by atoms with Gasteiger partial charge in [-0.1, -0.05) is 11.2 Å². The lowest BCUT2D eigenvalue weighted by Crippen LogP contribution is -2.37. The lowest BCUT2D eigenvalue weighted by Gasteiger charge is -2.29. The van der Waals surface area contributed by atoms with E-state index in [0.717, 1.165) is 60.3 Å². The molecule has 0 radical (unpaired) electrons. The Balaban J connectivity index is 0.000000755. The predicted molar refractivity (Wildman–Crippen MR) is 113 cm³/mol. The number of hydrogen-bond acceptors (Lipinski definition) is 5. The zero-order valence-electron chi connectivity index (χ0n) is 17.7. The monoisotopic (exact) mass is 403 g/mol. The first-order valence-electron chi connectivity index (χ1n) is 10.6. The quantitative estimate of drug-likeness (QED) is 0.755. The average molecular weight is 404 g/mol. The van der Waals surface area contributed by atoms with Crippen molar-refractivity contribution in [2.24, 2.45) is 11.8 Å². The predicted octanol–water partition coefficient (Wildman–Crippen LogP) is 4.08. The maximum Gasteiger partial charge on any atom is 0.407 e. The molecular formula is C22H33N3O4. The fraction of sp³-hybridized carbons (Fsp3) is 0.636. The van der Waals surface area contributed by atoms with E-state index in [9.17, 15) is 4.79 Å². The van der Waals surface area contributed by atoms with Crippen molar-refractivity contribution in [3.05, 3.63) is 23.4 Å². The van der Waals surface area contributed by atoms with Gasteiger partial charge in [-0.05, 0) is 83.0 Å². The second-order valence-corrected chi connectivity index (χ2v) is 8.22. The first-order valence-corrected chi connectivity index (χ1v) is 10.6. The summed E-state index contributed by atoms with van der Waals surface area (Å²) in [4.78, 5) is 12.5. The Morgan fingerprint density at radius 3 is 2.55 bits per heavy atom. The van der Waals surface area contributed by atoms with Gasteiger partial charge in [-0.2, -0.15) is 0 Å². The maximum atomic E-state index is 11.0. The lowest BCUT2D eigenvalue weighted by atomic mass is 9.91. The molecule has 1 aliphatic heterocycles. The molecule has 1 saturated carbocycles. The van der Waals surface area contributed by atoms with Crippen LogP contribution in [0.25, 0.3) is 11.0 Å². The Kier molecular flexibility index (Phi) is 7.36. The summed E-state index contributed by atoms with van der Waals surface area (Å²) in [6.07, 6.45) is 5.44. The minimum Gasteiger partial charge on any atom is -0.489 e. The van der Waals surface area contributed by atoms with E-state index in [-0.39, 0.29) is 0 Å². The van der Waals surface area contributed by atoms with Gasteiger partial charge in [0, 0.05) is 18.5 Å². The van der Waals surface area contributed by atoms with E-state index in [2.05, 4.69) is 22.6 Å². The molecule has 1 saturated heterocycles. The molecule has 4 rings (SSSR count). The normalized spacial score (nSPS) is 17.1. The maximum absolute atomic E-state index is 11.0. The van der Waals surface area contributed by atoms with Gasteiger partial charge in [0.2, 0.25) is 5.58 Å². The number of nitrogens with one attached hydrogen (secondary N) is 1. The Hall–Kier alpha value is -2.28. The van der Waals surface area contributed by atoms with Gasteiger partial charge in [0.05, 0.1) is 12.3 Å². The van der Waals surface area contributed by atoms with Crippen LogP contribution >= 0.6 is 0 Å². The topological polar surface area (TPSA) is 87.8 Å². The highest BCUT2D eigenvalue weighted by molar-refractivity contribution is 5.86. The first kappa shape index (κ1) is 21.4. The minimum absolute atomic E-state index is 0.549. The smallest absolute Gasteiger partial charge is 0.407 e. The van der Waals surface area contributed by atoms with Crippen molar-refractivity contribution in [1.29, 1.82) is 0 Å². The molecule has 2 fully saturated rings. The van der Waals surface area contributed by atoms with Crippen molar-refractivity contribution in [3.63, 3.8) is 0 Å². The number of carbonyl (C=O) groups is 1. The molecule has 1 amide bonds. The van der Waals surface area contributed by atoms with Gasteiger partial charge in [0.15, 0.2) is 5.75 Å². The van der Waals surface area contributed by atoms with Gasteiger partial charge in [-0.15, -0.1) is 0 Å². The summed E-state index contributed by atoms with van der Waals surface area (Å²) in [5.74, 6) is 2.08. The van der Waals surface area contributed by atoms with Crippen LogP contribution < -0.4 is 10.1 Å². The molecule has 2 aromatic rings. The summed E-state index contributed by atoms with van der Waals surface area (Å²) in [7, 11) is 3.75. The molecule has 7 nitrogen and oxygen atoms in total. The number of hydrogen-bond donors (Lipinski definition) is 2. The Morgan fingerprint density at radius 1 is 1.24 bits per heavy atom. The number of aromatic nitrogens is 1. The van der Waals surface area contributed by atoms with Gasteiger partial charge < -0.3 is 24.6 Å². The fourth-order valence-corrected chi connectivity index (χ4v) is 3.73. The fourth-order valence-electron chi connectivity index (χ4n) is 3.73. The van der Waals surface area contributed by atoms with E-state index in [1.165, 1.54) is 17.7 Å². The van der Waals surface area contributed by atoms with Gasteiger partial charge in [0.1, 0.15) is 0 Å². The van der Waals surface area contributed by atoms with E-state index < -0.39 is 6.09 Å². The Labute approximate surface area is 172 Å². The van der Waals surface area contributed by atoms with Gasteiger partial charge >= 0.3 is 6.09 Å². The number of carboxylic acid groups (broad SMARTS) is 1. The highest BCUT2D eigenvalue weighted by atomic mass is 16.5. The van der Waals surface area contributed by atoms with Crippen molar-refractivity contribution in [1.82, 2.24) is 15.4 Å². The molecule has 0 spiro atoms. The molecule has 2 N–H and O–H groups in total. The number of nitrogens with zero attached hydrogens (tertiary/aromatic N) is 2. The van der Waals surface area contributed by atoms with E-state index >= 15 is 0 Å². The highest BCUT2D eigenvalue weighted by Crippen LogP contribution is 2.35. The molecule has 2 heterocycles. The number of amides is 1. The number of fused-ring (bicyclic) bond motifs is 1. The molecule has 160 valence electrons. The van der Waals surface area contributed by atoms with Crippen LogP contribution in [0, 0.1) is 18.8 Å². The molecule has 29 heavy (non-hydrogen) atoms. The van der Waals surface area contributed by atoms with E-state index in [1.54, 1.807) is 0 Å². The van der Waals surface area contributed by atoms with Crippen LogP contribution in [-0.2, 0) is 6.42 Å². The summed E-state index contributed by atoms with van der Waals surface area (Å²) >= 11 is 0. The molecular weight excluding hydrogens is 370 g/mol. The van der Waals surface area contributed by atoms with Crippen molar-refractivity contribution in [2.75, 3.05) is 33.8 Å². The lowest BCUT2D eigenvalue weighted by molar-refractivity contribution is 0.123. The standard InChI is InChI=1S/C20H26N2O4.C2H7N/c1-13-2-6-16-17(7-5-14-8-10-22(11-9-14)20(23)24)21-26-19(16)18(13)25-12-15-3-4-15;1-3-2/h2,6,14-15H,3-5,7-12H2,1H3,(H,23,24);3H,1-2H3. The second-order valence-electron chi connectivity index (χ2n) is 8.22. The molecule has 0 bridgehead atoms. The van der Waals surface area contributed by atoms with Crippen LogP contribution in [0.5, 0.6) is 5.75 Å². The van der Waals surface area contributed by atoms with Gasteiger partial charge in [0.25, 0.3) is 0 Å². The third-order valence-electron chi connectivity index (χ3n) is 5.70. The third-order valence-corrected chi connectivity index (χ3v) is 5.70. The molecule has 1 aromatic carbocycles. The summed E-state index contributed by atoms with van der Waals surface area (Å²) in [6, 6.07) is 4.16. The number of piperidine rings is 1. The number of ether oxygens (including phenoxy) is 1. The highest BCUT2D eigenvalue weighted by Gasteiger charge is 2.25. The van der Waals surface area contributed by atoms with Crippen LogP contribution in [0.2, 0.25) is 0 Å². The molecule has 0 atom stereocenters. The number of benzene rings is 1. The zero-order valence-corrected chi connectivity index (χ0v) is 17.7. The number of aryl methyl sites for hydroxylation is 2. The van der Waals surface area contributed by atoms with Crippen LogP contribution in [0.3, 0.4) is 0 Å². The van der Waals surface area contributed by atoms with Crippen molar-refractivity contribution in [2.45, 2.75) is 45.4 Å². The summed E-state index contributed by atoms with van der Waals surface area (Å²) < 4.78 is 11.7. The SMILES string of the molecule is CNC.Cc1ccc2c(CCC3CCN(C(=O)O)CC3)noc2c1OCC1CC1. The van der Waals surface area contributed by atoms with Gasteiger partial charge in [-0.25, -0.2) is 4.79 Å². The van der Waals surface area contributed by atoms with Crippen molar-refractivity contribution >= 4 is 17.1 Å². The molecule has 2 aliphatic rings. The second kappa shape index (κ2) is 9.96. The van der Waals surface area contributed by atoms with Crippen LogP contribution in [0.1, 0.15) is 43.4 Å². The van der Waals surface area contributed by atoms with E-state index in [0.29, 0.717) is 24.9 Å². The molecule has 1 aromatic heterocycles. The first-order chi connectivity index (χ1) is 14.0. The average Bonchev–Trinajstić information content (AvgIpc) is 3.45. The van der Waals surface area contributed by atoms with Crippen LogP contribution in [0.15, 0.2) is 16.7 Å². The molecule has 1 aliphatic carbocycles. The number of rotatable bonds is 6. The zero-order chi connectivity index (χ0) is 20.8.